The van der Waals surface area contributed by atoms with Crippen molar-refractivity contribution in [3.05, 3.63) is 53.6 Å². The summed E-state index contributed by atoms with van der Waals surface area (Å²) in [6.07, 6.45) is -4.58. The second-order valence-corrected chi connectivity index (χ2v) is 6.29. The van der Waals surface area contributed by atoms with E-state index in [0.717, 1.165) is 23.9 Å². The highest BCUT2D eigenvalue weighted by Gasteiger charge is 2.35. The molecule has 150 valence electrons. The zero-order chi connectivity index (χ0) is 20.3. The molecule has 0 atom stereocenters. The number of carbonyl (C=O) groups is 1. The van der Waals surface area contributed by atoms with Gasteiger partial charge in [-0.25, -0.2) is 0 Å². The number of carbonyl (C=O) groups excluding carboxylic acids is 1. The molecule has 0 aromatic heterocycles. The number of rotatable bonds is 7. The van der Waals surface area contributed by atoms with E-state index in [1.165, 1.54) is 0 Å². The topological polar surface area (TPSA) is 85.0 Å². The summed E-state index contributed by atoms with van der Waals surface area (Å²) in [7, 11) is 0. The largest absolute Gasteiger partial charge is 0.457 e. The molecule has 0 unspecified atom stereocenters. The number of benzene rings is 2. The van der Waals surface area contributed by atoms with Crippen LogP contribution in [-0.2, 0) is 10.9 Å². The molecule has 1 aliphatic rings. The Hall–Kier alpha value is -2.78. The lowest BCUT2D eigenvalue weighted by atomic mass is 10.1. The summed E-state index contributed by atoms with van der Waals surface area (Å²) in [4.78, 5) is 13.3. The smallest absolute Gasteiger partial charge is 0.419 e. The monoisotopic (exact) mass is 396 g/mol. The number of ether oxygens (including phenoxy) is 2. The van der Waals surface area contributed by atoms with Gasteiger partial charge in [0.25, 0.3) is 0 Å². The summed E-state index contributed by atoms with van der Waals surface area (Å²) >= 11 is 0. The predicted octanol–water partition coefficient (Wildman–Crippen LogP) is 2.79. The molecule has 1 heterocycles. The molecule has 2 aromatic carbocycles. The van der Waals surface area contributed by atoms with Gasteiger partial charge >= 0.3 is 6.18 Å². The van der Waals surface area contributed by atoms with E-state index in [1.54, 1.807) is 24.3 Å². The van der Waals surface area contributed by atoms with E-state index in [-0.39, 0.29) is 30.6 Å². The number of nitrogens with two attached hydrogens (primary N) is 1. The number of halogens is 3. The van der Waals surface area contributed by atoms with E-state index in [4.69, 9.17) is 20.3 Å². The van der Waals surface area contributed by atoms with E-state index in [2.05, 4.69) is 0 Å². The van der Waals surface area contributed by atoms with Crippen molar-refractivity contribution in [3.63, 3.8) is 0 Å². The maximum atomic E-state index is 13.2. The van der Waals surface area contributed by atoms with E-state index in [0.29, 0.717) is 13.1 Å². The quantitative estimate of drug-likeness (QED) is 0.752. The number of hydrogen-bond acceptors (Lipinski definition) is 5. The van der Waals surface area contributed by atoms with Crippen LogP contribution in [-0.4, -0.2) is 43.4 Å². The maximum Gasteiger partial charge on any atom is 0.419 e. The van der Waals surface area contributed by atoms with Crippen molar-refractivity contribution in [2.24, 2.45) is 5.73 Å². The first-order valence-corrected chi connectivity index (χ1v) is 8.54. The summed E-state index contributed by atoms with van der Waals surface area (Å²) in [6.45, 7) is 1.59. The molecule has 3 N–H and O–H groups in total. The van der Waals surface area contributed by atoms with Gasteiger partial charge in [0.05, 0.1) is 24.9 Å². The molecule has 6 nitrogen and oxygen atoms in total. The highest BCUT2D eigenvalue weighted by molar-refractivity contribution is 5.93. The zero-order valence-corrected chi connectivity index (χ0v) is 14.8. The number of anilines is 1. The number of aliphatic hydroxyl groups excluding tert-OH is 1. The van der Waals surface area contributed by atoms with Crippen molar-refractivity contribution in [3.8, 4) is 11.5 Å². The number of nitrogens with zero attached hydrogens (tertiary/aromatic N) is 1. The van der Waals surface area contributed by atoms with Gasteiger partial charge in [-0.2, -0.15) is 13.2 Å². The van der Waals surface area contributed by atoms with Crippen LogP contribution in [0.4, 0.5) is 18.9 Å². The average Bonchev–Trinajstić information content (AvgIpc) is 2.60. The molecule has 0 aliphatic carbocycles. The molecule has 0 spiro atoms. The van der Waals surface area contributed by atoms with Gasteiger partial charge in [-0.05, 0) is 42.5 Å². The van der Waals surface area contributed by atoms with Gasteiger partial charge in [-0.3, -0.25) is 4.79 Å². The summed E-state index contributed by atoms with van der Waals surface area (Å²) in [5.74, 6) is -1.13. The molecule has 0 saturated carbocycles. The van der Waals surface area contributed by atoms with Crippen LogP contribution in [0.1, 0.15) is 15.9 Å². The third-order valence-electron chi connectivity index (χ3n) is 4.29. The Labute approximate surface area is 159 Å². The third kappa shape index (κ3) is 4.55. The molecule has 0 bridgehead atoms. The molecule has 0 radical (unpaired) electrons. The van der Waals surface area contributed by atoms with Gasteiger partial charge < -0.3 is 25.2 Å². The predicted molar refractivity (Wildman–Crippen MR) is 95.5 cm³/mol. The first kappa shape index (κ1) is 20.0. The Morgan fingerprint density at radius 2 is 1.86 bits per heavy atom. The second kappa shape index (κ2) is 8.07. The lowest BCUT2D eigenvalue weighted by Gasteiger charge is -2.40. The van der Waals surface area contributed by atoms with Crippen molar-refractivity contribution in [2.75, 3.05) is 31.2 Å². The molecule has 1 saturated heterocycles. The summed E-state index contributed by atoms with van der Waals surface area (Å²) < 4.78 is 50.4. The summed E-state index contributed by atoms with van der Waals surface area (Å²) in [5.41, 5.74) is 4.95. The van der Waals surface area contributed by atoms with Crippen molar-refractivity contribution in [2.45, 2.75) is 12.3 Å². The minimum absolute atomic E-state index is 0.0284. The van der Waals surface area contributed by atoms with Gasteiger partial charge in [-0.15, -0.1) is 0 Å². The minimum atomic E-state index is -4.63. The highest BCUT2D eigenvalue weighted by Crippen LogP contribution is 2.39. The van der Waals surface area contributed by atoms with Gasteiger partial charge in [0.15, 0.2) is 0 Å². The SMILES string of the molecule is NC(=O)c1ccc(C(F)(F)F)c(Oc2ccc(N3CC(OCCO)C3)cc2)c1. The Morgan fingerprint density at radius 1 is 1.18 bits per heavy atom. The normalized spacial score (nSPS) is 14.6. The van der Waals surface area contributed by atoms with Crippen molar-refractivity contribution < 1.29 is 32.5 Å². The molecule has 3 rings (SSSR count). The standard InChI is InChI=1S/C19H19F3N2O4/c20-19(21,22)16-6-1-12(18(23)26)9-17(16)28-14-4-2-13(3-5-14)24-10-15(11-24)27-8-7-25/h1-6,9,15,25H,7-8,10-11H2,(H2,23,26). The number of hydrogen-bond donors (Lipinski definition) is 2. The van der Waals surface area contributed by atoms with Crippen molar-refractivity contribution in [1.82, 2.24) is 0 Å². The molecule has 1 amide bonds. The van der Waals surface area contributed by atoms with Crippen LogP contribution >= 0.6 is 0 Å². The summed E-state index contributed by atoms with van der Waals surface area (Å²) in [6, 6.07) is 9.32. The molecular weight excluding hydrogens is 377 g/mol. The first-order valence-electron chi connectivity index (χ1n) is 8.54. The molecular formula is C19H19F3N2O4. The van der Waals surface area contributed by atoms with E-state index >= 15 is 0 Å². The number of alkyl halides is 3. The fourth-order valence-electron chi connectivity index (χ4n) is 2.82. The van der Waals surface area contributed by atoms with Crippen molar-refractivity contribution >= 4 is 11.6 Å². The van der Waals surface area contributed by atoms with Crippen molar-refractivity contribution in [1.29, 1.82) is 0 Å². The lowest BCUT2D eigenvalue weighted by molar-refractivity contribution is -0.138. The highest BCUT2D eigenvalue weighted by atomic mass is 19.4. The Morgan fingerprint density at radius 3 is 2.43 bits per heavy atom. The van der Waals surface area contributed by atoms with Crippen LogP contribution in [0.5, 0.6) is 11.5 Å². The van der Waals surface area contributed by atoms with Crippen LogP contribution < -0.4 is 15.4 Å². The van der Waals surface area contributed by atoms with Gasteiger partial charge in [0.1, 0.15) is 11.5 Å². The van der Waals surface area contributed by atoms with Crippen LogP contribution in [0, 0.1) is 0 Å². The maximum absolute atomic E-state index is 13.2. The fraction of sp³-hybridized carbons (Fsp3) is 0.316. The second-order valence-electron chi connectivity index (χ2n) is 6.29. The molecule has 1 aliphatic heterocycles. The lowest BCUT2D eigenvalue weighted by Crippen LogP contribution is -2.52. The van der Waals surface area contributed by atoms with Gasteiger partial charge in [-0.1, -0.05) is 0 Å². The molecule has 2 aromatic rings. The third-order valence-corrected chi connectivity index (χ3v) is 4.29. The van der Waals surface area contributed by atoms with Gasteiger partial charge in [0.2, 0.25) is 5.91 Å². The Bertz CT molecular complexity index is 834. The van der Waals surface area contributed by atoms with E-state index < -0.39 is 23.4 Å². The van der Waals surface area contributed by atoms with Crippen LogP contribution in [0.15, 0.2) is 42.5 Å². The number of primary amides is 1. The molecule has 9 heteroatoms. The van der Waals surface area contributed by atoms with Crippen LogP contribution in [0.2, 0.25) is 0 Å². The Kier molecular flexibility index (Phi) is 5.76. The first-order chi connectivity index (χ1) is 13.3. The van der Waals surface area contributed by atoms with Gasteiger partial charge in [0, 0.05) is 24.3 Å². The minimum Gasteiger partial charge on any atom is -0.457 e. The number of aliphatic hydroxyl groups is 1. The molecule has 1 fully saturated rings. The van der Waals surface area contributed by atoms with E-state index in [9.17, 15) is 18.0 Å². The van der Waals surface area contributed by atoms with E-state index in [1.807, 2.05) is 4.90 Å². The summed E-state index contributed by atoms with van der Waals surface area (Å²) in [5, 5.41) is 8.74. The average molecular weight is 396 g/mol. The fourth-order valence-corrected chi connectivity index (χ4v) is 2.82. The zero-order valence-electron chi connectivity index (χ0n) is 14.8. The number of amides is 1. The Balaban J connectivity index is 1.72. The van der Waals surface area contributed by atoms with Crippen LogP contribution in [0.25, 0.3) is 0 Å². The van der Waals surface area contributed by atoms with Crippen LogP contribution in [0.3, 0.4) is 0 Å². The molecule has 28 heavy (non-hydrogen) atoms.